The van der Waals surface area contributed by atoms with E-state index in [2.05, 4.69) is 10.1 Å². The predicted octanol–water partition coefficient (Wildman–Crippen LogP) is 6.14. The molecule has 47 heavy (non-hydrogen) atoms. The lowest BCUT2D eigenvalue weighted by atomic mass is 9.82. The SMILES string of the molecule is CCOc1cc(C(=O)N2CCC3(CC2)CC(=O)c2cc(-c4cncc(C(=O)O)c4)ccc2O3)cc(OCC)c1-c1cnn(C(F)F)c1. The van der Waals surface area contributed by atoms with Crippen molar-refractivity contribution in [3.8, 4) is 39.5 Å². The lowest BCUT2D eigenvalue weighted by Crippen LogP contribution is -2.52. The molecule has 11 nitrogen and oxygen atoms in total. The molecule has 0 saturated carbocycles. The van der Waals surface area contributed by atoms with Crippen molar-refractivity contribution in [2.24, 2.45) is 0 Å². The zero-order chi connectivity index (χ0) is 33.3. The summed E-state index contributed by atoms with van der Waals surface area (Å²) in [6.07, 6.45) is 6.31. The number of piperidine rings is 1. The number of Topliss-reactive ketones (excluding diaryl/α,β-unsaturated/α-hetero) is 1. The first kappa shape index (κ1) is 31.6. The first-order chi connectivity index (χ1) is 22.6. The molecule has 2 aliphatic rings. The van der Waals surface area contributed by atoms with Crippen LogP contribution in [0.1, 0.15) is 70.7 Å². The third-order valence-corrected chi connectivity index (χ3v) is 8.37. The van der Waals surface area contributed by atoms with Crippen molar-refractivity contribution in [2.45, 2.75) is 45.3 Å². The third-order valence-electron chi connectivity index (χ3n) is 8.37. The molecule has 1 spiro atoms. The van der Waals surface area contributed by atoms with E-state index in [1.165, 1.54) is 24.7 Å². The Morgan fingerprint density at radius 1 is 0.957 bits per heavy atom. The summed E-state index contributed by atoms with van der Waals surface area (Å²) in [7, 11) is 0. The maximum Gasteiger partial charge on any atom is 0.337 e. The summed E-state index contributed by atoms with van der Waals surface area (Å²) in [4.78, 5) is 44.2. The number of carboxylic acid groups (broad SMARTS) is 1. The maximum atomic E-state index is 13.8. The van der Waals surface area contributed by atoms with Crippen LogP contribution in [0, 0.1) is 0 Å². The van der Waals surface area contributed by atoms with Crippen LogP contribution >= 0.6 is 0 Å². The molecule has 4 aromatic rings. The number of hydrogen-bond donors (Lipinski definition) is 1. The maximum absolute atomic E-state index is 13.8. The van der Waals surface area contributed by atoms with E-state index in [1.54, 1.807) is 55.3 Å². The molecular formula is C34H32F2N4O7. The largest absolute Gasteiger partial charge is 0.493 e. The highest BCUT2D eigenvalue weighted by molar-refractivity contribution is 6.02. The zero-order valence-electron chi connectivity index (χ0n) is 25.7. The third kappa shape index (κ3) is 6.25. The van der Waals surface area contributed by atoms with Gasteiger partial charge >= 0.3 is 12.5 Å². The Hall–Kier alpha value is -5.33. The highest BCUT2D eigenvalue weighted by Crippen LogP contribution is 2.43. The van der Waals surface area contributed by atoms with Gasteiger partial charge in [0.1, 0.15) is 22.8 Å². The van der Waals surface area contributed by atoms with E-state index in [4.69, 9.17) is 14.2 Å². The summed E-state index contributed by atoms with van der Waals surface area (Å²) >= 11 is 0. The molecule has 1 amide bonds. The Morgan fingerprint density at radius 2 is 1.66 bits per heavy atom. The molecule has 2 aromatic carbocycles. The van der Waals surface area contributed by atoms with Gasteiger partial charge in [0, 0.05) is 61.2 Å². The van der Waals surface area contributed by atoms with Gasteiger partial charge in [0.2, 0.25) is 0 Å². The van der Waals surface area contributed by atoms with Crippen molar-refractivity contribution in [1.82, 2.24) is 19.7 Å². The van der Waals surface area contributed by atoms with E-state index in [-0.39, 0.29) is 36.9 Å². The number of aromatic carboxylic acids is 1. The van der Waals surface area contributed by atoms with Crippen LogP contribution in [-0.4, -0.2) is 74.3 Å². The average molecular weight is 647 g/mol. The first-order valence-corrected chi connectivity index (χ1v) is 15.2. The second-order valence-corrected chi connectivity index (χ2v) is 11.4. The number of alkyl halides is 2. The lowest BCUT2D eigenvalue weighted by Gasteiger charge is -2.44. The van der Waals surface area contributed by atoms with Crippen LogP contribution in [-0.2, 0) is 0 Å². The number of carbonyl (C=O) groups excluding carboxylic acids is 2. The van der Waals surface area contributed by atoms with E-state index in [9.17, 15) is 28.3 Å². The summed E-state index contributed by atoms with van der Waals surface area (Å²) in [5, 5.41) is 13.0. The van der Waals surface area contributed by atoms with Gasteiger partial charge in [-0.3, -0.25) is 14.6 Å². The van der Waals surface area contributed by atoms with Gasteiger partial charge in [0.25, 0.3) is 5.91 Å². The zero-order valence-corrected chi connectivity index (χ0v) is 25.7. The fourth-order valence-corrected chi connectivity index (χ4v) is 6.08. The smallest absolute Gasteiger partial charge is 0.337 e. The molecule has 0 bridgehead atoms. The standard InChI is InChI=1S/C34H32F2N4O7/c1-3-45-28-13-21(14-29(46-4-2)30(28)24-18-38-40(19-24)33(35)36)31(42)39-9-7-34(8-10-39)15-26(41)25-12-20(5-6-27(25)47-34)22-11-23(32(43)44)17-37-16-22/h5-6,11-14,16-19,33H,3-4,7-10,15H2,1-2H3,(H,43,44). The highest BCUT2D eigenvalue weighted by atomic mass is 19.3. The second kappa shape index (κ2) is 12.8. The molecular weight excluding hydrogens is 614 g/mol. The molecule has 0 radical (unpaired) electrons. The molecule has 6 rings (SSSR count). The number of benzene rings is 2. The van der Waals surface area contributed by atoms with Crippen LogP contribution in [0.3, 0.4) is 0 Å². The van der Waals surface area contributed by atoms with Gasteiger partial charge in [0.15, 0.2) is 5.78 Å². The topological polar surface area (TPSA) is 133 Å². The molecule has 1 saturated heterocycles. The van der Waals surface area contributed by atoms with Crippen molar-refractivity contribution in [3.63, 3.8) is 0 Å². The Labute approximate surface area is 268 Å². The van der Waals surface area contributed by atoms with Crippen LogP contribution in [0.5, 0.6) is 17.2 Å². The number of fused-ring (bicyclic) bond motifs is 1. The van der Waals surface area contributed by atoms with Gasteiger partial charge in [-0.15, -0.1) is 0 Å². The molecule has 0 aliphatic carbocycles. The normalized spacial score (nSPS) is 15.3. The predicted molar refractivity (Wildman–Crippen MR) is 165 cm³/mol. The minimum atomic E-state index is -2.81. The molecule has 0 atom stereocenters. The summed E-state index contributed by atoms with van der Waals surface area (Å²) in [6, 6.07) is 9.85. The fourth-order valence-electron chi connectivity index (χ4n) is 6.08. The second-order valence-electron chi connectivity index (χ2n) is 11.4. The molecule has 2 aliphatic heterocycles. The Bertz CT molecular complexity index is 1820. The number of rotatable bonds is 9. The highest BCUT2D eigenvalue weighted by Gasteiger charge is 2.44. The van der Waals surface area contributed by atoms with Crippen molar-refractivity contribution in [1.29, 1.82) is 0 Å². The van der Waals surface area contributed by atoms with Crippen molar-refractivity contribution < 1.29 is 42.5 Å². The Morgan fingerprint density at radius 3 is 2.28 bits per heavy atom. The number of hydrogen-bond acceptors (Lipinski definition) is 8. The minimum absolute atomic E-state index is 0.0455. The van der Waals surface area contributed by atoms with E-state index < -0.39 is 18.1 Å². The van der Waals surface area contributed by atoms with Crippen molar-refractivity contribution in [3.05, 3.63) is 77.9 Å². The number of carbonyl (C=O) groups is 3. The fraction of sp³-hybridized carbons (Fsp3) is 0.324. The number of likely N-dealkylation sites (tertiary alicyclic amines) is 1. The van der Waals surface area contributed by atoms with Crippen molar-refractivity contribution in [2.75, 3.05) is 26.3 Å². The number of ether oxygens (including phenoxy) is 3. The number of pyridine rings is 1. The van der Waals surface area contributed by atoms with Gasteiger partial charge in [-0.25, -0.2) is 9.48 Å². The number of aromatic nitrogens is 3. The first-order valence-electron chi connectivity index (χ1n) is 15.2. The van der Waals surface area contributed by atoms with Gasteiger partial charge in [-0.05, 0) is 49.7 Å². The minimum Gasteiger partial charge on any atom is -0.493 e. The molecule has 13 heteroatoms. The number of amides is 1. The van der Waals surface area contributed by atoms with Crippen LogP contribution in [0.25, 0.3) is 22.3 Å². The Kier molecular flexibility index (Phi) is 8.63. The monoisotopic (exact) mass is 646 g/mol. The molecule has 1 fully saturated rings. The molecule has 0 unspecified atom stereocenters. The van der Waals surface area contributed by atoms with E-state index in [0.29, 0.717) is 81.2 Å². The summed E-state index contributed by atoms with van der Waals surface area (Å²) < 4.78 is 45.2. The quantitative estimate of drug-likeness (QED) is 0.228. The van der Waals surface area contributed by atoms with E-state index >= 15 is 0 Å². The van der Waals surface area contributed by atoms with Gasteiger partial charge < -0.3 is 24.2 Å². The van der Waals surface area contributed by atoms with Crippen LogP contribution < -0.4 is 14.2 Å². The molecule has 4 heterocycles. The summed E-state index contributed by atoms with van der Waals surface area (Å²) in [5.41, 5.74) is 2.03. The van der Waals surface area contributed by atoms with E-state index in [1.807, 2.05) is 0 Å². The van der Waals surface area contributed by atoms with Gasteiger partial charge in [-0.1, -0.05) is 6.07 Å². The summed E-state index contributed by atoms with van der Waals surface area (Å²) in [6.45, 7) is 1.96. The Balaban J connectivity index is 1.20. The number of halogens is 2. The van der Waals surface area contributed by atoms with Gasteiger partial charge in [-0.2, -0.15) is 13.9 Å². The van der Waals surface area contributed by atoms with E-state index in [0.717, 1.165) is 0 Å². The van der Waals surface area contributed by atoms with Crippen LogP contribution in [0.2, 0.25) is 0 Å². The summed E-state index contributed by atoms with van der Waals surface area (Å²) in [5.74, 6) is -0.380. The van der Waals surface area contributed by atoms with Gasteiger partial charge in [0.05, 0.1) is 42.5 Å². The lowest BCUT2D eigenvalue weighted by molar-refractivity contribution is -0.00574. The average Bonchev–Trinajstić information content (AvgIpc) is 3.55. The molecule has 244 valence electrons. The van der Waals surface area contributed by atoms with Crippen molar-refractivity contribution >= 4 is 17.7 Å². The molecule has 1 N–H and O–H groups in total. The number of carboxylic acids is 1. The molecule has 2 aromatic heterocycles. The van der Waals surface area contributed by atoms with Crippen LogP contribution in [0.4, 0.5) is 8.78 Å². The number of ketones is 1. The number of nitrogens with zero attached hydrogens (tertiary/aromatic N) is 4. The van der Waals surface area contributed by atoms with Crippen LogP contribution in [0.15, 0.2) is 61.2 Å².